The molecule has 0 heterocycles. The Morgan fingerprint density at radius 1 is 1.78 bits per heavy atom. The van der Waals surface area contributed by atoms with E-state index in [-0.39, 0.29) is 0 Å². The summed E-state index contributed by atoms with van der Waals surface area (Å²) >= 11 is 4.64. The first-order chi connectivity index (χ1) is 4.18. The van der Waals surface area contributed by atoms with Crippen LogP contribution in [-0.4, -0.2) is 23.5 Å². The summed E-state index contributed by atoms with van der Waals surface area (Å²) in [6.07, 6.45) is 1.97. The highest BCUT2D eigenvalue weighted by Crippen LogP contribution is 1.82. The predicted molar refractivity (Wildman–Crippen MR) is 37.7 cm³/mol. The van der Waals surface area contributed by atoms with Crippen molar-refractivity contribution in [2.45, 2.75) is 19.4 Å². The van der Waals surface area contributed by atoms with E-state index in [1.54, 1.807) is 6.92 Å². The number of halogens is 1. The summed E-state index contributed by atoms with van der Waals surface area (Å²) in [4.78, 5) is 9.81. The Morgan fingerprint density at radius 3 is 2.11 bits per heavy atom. The Bertz CT molecular complexity index is 77.4. The molecule has 0 spiro atoms. The van der Waals surface area contributed by atoms with E-state index < -0.39 is 12.0 Å². The van der Waals surface area contributed by atoms with Gasteiger partial charge in [-0.05, 0) is 6.42 Å². The molecule has 0 radical (unpaired) electrons. The molecule has 0 aliphatic rings. The van der Waals surface area contributed by atoms with Crippen molar-refractivity contribution in [2.75, 3.05) is 6.38 Å². The SMILES string of the molecule is CCC(N)C(=O)O.CCl. The maximum Gasteiger partial charge on any atom is 0.320 e. The lowest BCUT2D eigenvalue weighted by atomic mass is 10.2. The van der Waals surface area contributed by atoms with Gasteiger partial charge in [0.2, 0.25) is 0 Å². The van der Waals surface area contributed by atoms with Gasteiger partial charge in [0.15, 0.2) is 0 Å². The van der Waals surface area contributed by atoms with Gasteiger partial charge in [0.1, 0.15) is 6.04 Å². The minimum Gasteiger partial charge on any atom is -0.480 e. The maximum atomic E-state index is 9.81. The van der Waals surface area contributed by atoms with E-state index in [9.17, 15) is 4.79 Å². The third kappa shape index (κ3) is 7.72. The molecular weight excluding hydrogens is 142 g/mol. The van der Waals surface area contributed by atoms with Crippen LogP contribution in [0.15, 0.2) is 0 Å². The normalized spacial score (nSPS) is 11.1. The Balaban J connectivity index is 0. The van der Waals surface area contributed by atoms with Crippen LogP contribution in [0.5, 0.6) is 0 Å². The van der Waals surface area contributed by atoms with Gasteiger partial charge in [-0.2, -0.15) is 0 Å². The Hall–Kier alpha value is -0.280. The molecule has 1 unspecified atom stereocenters. The van der Waals surface area contributed by atoms with E-state index in [2.05, 4.69) is 11.6 Å². The van der Waals surface area contributed by atoms with Crippen LogP contribution < -0.4 is 5.73 Å². The van der Waals surface area contributed by atoms with Gasteiger partial charge in [0.25, 0.3) is 0 Å². The highest BCUT2D eigenvalue weighted by atomic mass is 35.5. The molecule has 0 aromatic rings. The van der Waals surface area contributed by atoms with Crippen molar-refractivity contribution in [3.05, 3.63) is 0 Å². The summed E-state index contributed by atoms with van der Waals surface area (Å²) in [5.74, 6) is -0.928. The van der Waals surface area contributed by atoms with E-state index in [4.69, 9.17) is 10.8 Å². The van der Waals surface area contributed by atoms with Crippen LogP contribution in [0.2, 0.25) is 0 Å². The van der Waals surface area contributed by atoms with E-state index in [0.29, 0.717) is 6.42 Å². The van der Waals surface area contributed by atoms with Gasteiger partial charge in [-0.1, -0.05) is 6.92 Å². The van der Waals surface area contributed by atoms with Crippen LogP contribution in [0, 0.1) is 0 Å². The van der Waals surface area contributed by atoms with Crippen LogP contribution in [-0.2, 0) is 4.79 Å². The quantitative estimate of drug-likeness (QED) is 0.573. The number of carboxylic acids is 1. The average molecular weight is 154 g/mol. The third-order valence-corrected chi connectivity index (χ3v) is 0.757. The van der Waals surface area contributed by atoms with Gasteiger partial charge in [0, 0.05) is 6.38 Å². The lowest BCUT2D eigenvalue weighted by Gasteiger charge is -1.97. The maximum absolute atomic E-state index is 9.81. The van der Waals surface area contributed by atoms with Gasteiger partial charge in [0.05, 0.1) is 0 Å². The number of hydrogen-bond donors (Lipinski definition) is 2. The number of carboxylic acid groups (broad SMARTS) is 1. The summed E-state index contributed by atoms with van der Waals surface area (Å²) in [5, 5.41) is 8.06. The monoisotopic (exact) mass is 153 g/mol. The topological polar surface area (TPSA) is 63.3 Å². The third-order valence-electron chi connectivity index (χ3n) is 0.757. The van der Waals surface area contributed by atoms with E-state index >= 15 is 0 Å². The van der Waals surface area contributed by atoms with Gasteiger partial charge >= 0.3 is 5.97 Å². The second kappa shape index (κ2) is 7.72. The minimum atomic E-state index is -0.928. The fraction of sp³-hybridized carbons (Fsp3) is 0.800. The molecule has 0 saturated carbocycles. The van der Waals surface area contributed by atoms with Crippen molar-refractivity contribution in [1.82, 2.24) is 0 Å². The largest absolute Gasteiger partial charge is 0.480 e. The summed E-state index contributed by atoms with van der Waals surface area (Å²) in [7, 11) is 0. The lowest BCUT2D eigenvalue weighted by Crippen LogP contribution is -2.28. The van der Waals surface area contributed by atoms with E-state index in [1.807, 2.05) is 0 Å². The van der Waals surface area contributed by atoms with Gasteiger partial charge in [-0.3, -0.25) is 4.79 Å². The molecule has 0 saturated heterocycles. The first kappa shape index (κ1) is 11.5. The molecule has 0 aliphatic carbocycles. The van der Waals surface area contributed by atoms with Crippen molar-refractivity contribution < 1.29 is 9.90 Å². The minimum absolute atomic E-state index is 0.495. The number of aliphatic carboxylic acids is 1. The second-order valence-corrected chi connectivity index (χ2v) is 1.35. The number of rotatable bonds is 2. The molecule has 0 aromatic carbocycles. The molecule has 4 heteroatoms. The molecule has 0 bridgehead atoms. The number of alkyl halides is 1. The molecule has 0 amide bonds. The first-order valence-electron chi connectivity index (χ1n) is 2.54. The summed E-state index contributed by atoms with van der Waals surface area (Å²) < 4.78 is 0. The number of nitrogens with two attached hydrogens (primary N) is 1. The zero-order valence-corrected chi connectivity index (χ0v) is 6.35. The molecule has 0 aromatic heterocycles. The van der Waals surface area contributed by atoms with Crippen LogP contribution >= 0.6 is 11.6 Å². The second-order valence-electron chi connectivity index (χ2n) is 1.35. The van der Waals surface area contributed by atoms with Crippen LogP contribution in [0.3, 0.4) is 0 Å². The Labute approximate surface area is 59.8 Å². The highest BCUT2D eigenvalue weighted by molar-refractivity contribution is 6.15. The molecule has 0 fully saturated rings. The van der Waals surface area contributed by atoms with Crippen molar-refractivity contribution in [3.63, 3.8) is 0 Å². The Morgan fingerprint density at radius 2 is 2.11 bits per heavy atom. The smallest absolute Gasteiger partial charge is 0.320 e. The molecule has 1 atom stereocenters. The molecular formula is C5H12ClNO2. The molecule has 56 valence electrons. The van der Waals surface area contributed by atoms with Gasteiger partial charge in [-0.15, -0.1) is 11.6 Å². The summed E-state index contributed by atoms with van der Waals surface area (Å²) in [6.45, 7) is 1.73. The molecule has 3 nitrogen and oxygen atoms in total. The van der Waals surface area contributed by atoms with Crippen LogP contribution in [0.4, 0.5) is 0 Å². The van der Waals surface area contributed by atoms with Crippen molar-refractivity contribution >= 4 is 17.6 Å². The van der Waals surface area contributed by atoms with E-state index in [0.717, 1.165) is 0 Å². The Kier molecular flexibility index (Phi) is 9.87. The van der Waals surface area contributed by atoms with E-state index in [1.165, 1.54) is 6.38 Å². The zero-order chi connectivity index (χ0) is 7.86. The zero-order valence-electron chi connectivity index (χ0n) is 5.60. The van der Waals surface area contributed by atoms with Crippen molar-refractivity contribution in [1.29, 1.82) is 0 Å². The van der Waals surface area contributed by atoms with Gasteiger partial charge in [-0.25, -0.2) is 0 Å². The highest BCUT2D eigenvalue weighted by Gasteiger charge is 2.05. The van der Waals surface area contributed by atoms with Crippen LogP contribution in [0.1, 0.15) is 13.3 Å². The molecule has 0 rings (SSSR count). The number of hydrogen-bond acceptors (Lipinski definition) is 2. The standard InChI is InChI=1S/C4H9NO2.CH3Cl/c1-2-3(5)4(6)7;1-2/h3H,2,5H2,1H3,(H,6,7);1H3. The molecule has 9 heavy (non-hydrogen) atoms. The average Bonchev–Trinajstić information content (AvgIpc) is 1.91. The lowest BCUT2D eigenvalue weighted by molar-refractivity contribution is -0.138. The first-order valence-corrected chi connectivity index (χ1v) is 3.30. The fourth-order valence-electron chi connectivity index (χ4n) is 0.175. The molecule has 0 aliphatic heterocycles. The summed E-state index contributed by atoms with van der Waals surface area (Å²) in [6, 6.07) is -0.681. The summed E-state index contributed by atoms with van der Waals surface area (Å²) in [5.41, 5.74) is 5.02. The van der Waals surface area contributed by atoms with Crippen LogP contribution in [0.25, 0.3) is 0 Å². The van der Waals surface area contributed by atoms with Gasteiger partial charge < -0.3 is 10.8 Å². The van der Waals surface area contributed by atoms with Crippen molar-refractivity contribution in [2.24, 2.45) is 5.73 Å². The molecule has 3 N–H and O–H groups in total. The van der Waals surface area contributed by atoms with Crippen molar-refractivity contribution in [3.8, 4) is 0 Å². The predicted octanol–water partition coefficient (Wildman–Crippen LogP) is 0.663. The number of carbonyl (C=O) groups is 1. The fourth-order valence-corrected chi connectivity index (χ4v) is 0.175.